The van der Waals surface area contributed by atoms with Gasteiger partial charge in [0.25, 0.3) is 0 Å². The summed E-state index contributed by atoms with van der Waals surface area (Å²) >= 11 is 6.16. The second-order valence-corrected chi connectivity index (χ2v) is 6.92. The first kappa shape index (κ1) is 16.8. The van der Waals surface area contributed by atoms with E-state index >= 15 is 0 Å². The Morgan fingerprint density at radius 3 is 2.54 bits per heavy atom. The fraction of sp³-hybridized carbons (Fsp3) is 0.136. The third-order valence-corrected chi connectivity index (χ3v) is 5.16. The smallest absolute Gasteiger partial charge is 0.137 e. The van der Waals surface area contributed by atoms with Crippen LogP contribution in [0.5, 0.6) is 0 Å². The lowest BCUT2D eigenvalue weighted by Gasteiger charge is -2.06. The van der Waals surface area contributed by atoms with E-state index in [1.807, 2.05) is 43.3 Å². The molecule has 3 nitrogen and oxygen atoms in total. The van der Waals surface area contributed by atoms with Crippen molar-refractivity contribution in [3.63, 3.8) is 0 Å². The van der Waals surface area contributed by atoms with E-state index in [1.54, 1.807) is 0 Å². The molecule has 2 aromatic carbocycles. The summed E-state index contributed by atoms with van der Waals surface area (Å²) in [6.07, 6.45) is 2.10. The molecule has 0 aliphatic rings. The van der Waals surface area contributed by atoms with Gasteiger partial charge in [0, 0.05) is 22.5 Å². The number of benzene rings is 2. The lowest BCUT2D eigenvalue weighted by atomic mass is 10.1. The molecule has 0 saturated heterocycles. The number of aromatic nitrogens is 2. The molecule has 0 unspecified atom stereocenters. The molecule has 2 aromatic heterocycles. The molecule has 130 valence electrons. The molecule has 2 heterocycles. The van der Waals surface area contributed by atoms with Gasteiger partial charge in [0.1, 0.15) is 5.65 Å². The Morgan fingerprint density at radius 1 is 0.962 bits per heavy atom. The quantitative estimate of drug-likeness (QED) is 0.527. The van der Waals surface area contributed by atoms with Crippen molar-refractivity contribution < 1.29 is 5.11 Å². The molecular formula is C22H19ClN2O. The number of aliphatic hydroxyl groups is 1. The third-order valence-electron chi connectivity index (χ3n) is 4.73. The van der Waals surface area contributed by atoms with Crippen molar-refractivity contribution in [2.75, 3.05) is 0 Å². The molecule has 0 amide bonds. The van der Waals surface area contributed by atoms with E-state index in [-0.39, 0.29) is 6.61 Å². The summed E-state index contributed by atoms with van der Waals surface area (Å²) in [5.74, 6) is 0. The zero-order valence-corrected chi connectivity index (χ0v) is 15.5. The lowest BCUT2D eigenvalue weighted by Crippen LogP contribution is -1.91. The van der Waals surface area contributed by atoms with Crippen LogP contribution in [-0.2, 0) is 6.61 Å². The Balaban J connectivity index is 1.84. The van der Waals surface area contributed by atoms with Crippen molar-refractivity contribution in [1.82, 2.24) is 9.38 Å². The highest BCUT2D eigenvalue weighted by Crippen LogP contribution is 2.29. The Hall–Kier alpha value is -2.62. The minimum Gasteiger partial charge on any atom is -0.392 e. The monoisotopic (exact) mass is 362 g/mol. The molecule has 4 aromatic rings. The highest BCUT2D eigenvalue weighted by molar-refractivity contribution is 6.31. The van der Waals surface area contributed by atoms with Gasteiger partial charge in [-0.15, -0.1) is 0 Å². The number of rotatable bonds is 3. The minimum absolute atomic E-state index is 0.0419. The molecule has 0 aliphatic carbocycles. The van der Waals surface area contributed by atoms with Crippen molar-refractivity contribution in [1.29, 1.82) is 0 Å². The second kappa shape index (κ2) is 6.60. The number of halogens is 1. The van der Waals surface area contributed by atoms with E-state index in [4.69, 9.17) is 16.6 Å². The van der Waals surface area contributed by atoms with Crippen LogP contribution in [0.2, 0.25) is 5.02 Å². The molecule has 26 heavy (non-hydrogen) atoms. The molecule has 0 saturated carbocycles. The standard InChI is InChI=1S/C22H19ClN2O/c1-14-10-18(6-8-20(14)23)22-15(2)25-12-19(7-9-21(25)24-22)17-5-3-4-16(11-17)13-26/h3-12,26H,13H2,1-2H3. The molecule has 4 heteroatoms. The summed E-state index contributed by atoms with van der Waals surface area (Å²) in [5.41, 5.74) is 8.14. The maximum Gasteiger partial charge on any atom is 0.137 e. The number of nitrogens with zero attached hydrogens (tertiary/aromatic N) is 2. The largest absolute Gasteiger partial charge is 0.392 e. The first-order chi connectivity index (χ1) is 12.6. The first-order valence-electron chi connectivity index (χ1n) is 8.52. The van der Waals surface area contributed by atoms with Gasteiger partial charge in [-0.2, -0.15) is 0 Å². The van der Waals surface area contributed by atoms with Gasteiger partial charge in [-0.25, -0.2) is 4.98 Å². The molecular weight excluding hydrogens is 344 g/mol. The maximum absolute atomic E-state index is 9.37. The van der Waals surface area contributed by atoms with Crippen LogP contribution < -0.4 is 0 Å². The first-order valence-corrected chi connectivity index (χ1v) is 8.90. The molecule has 4 rings (SSSR count). The molecule has 0 radical (unpaired) electrons. The summed E-state index contributed by atoms with van der Waals surface area (Å²) in [6, 6.07) is 18.0. The van der Waals surface area contributed by atoms with Gasteiger partial charge in [0.05, 0.1) is 12.3 Å². The predicted molar refractivity (Wildman–Crippen MR) is 106 cm³/mol. The fourth-order valence-electron chi connectivity index (χ4n) is 3.25. The van der Waals surface area contributed by atoms with Crippen LogP contribution in [0.3, 0.4) is 0 Å². The summed E-state index contributed by atoms with van der Waals surface area (Å²) in [6.45, 7) is 4.12. The number of aryl methyl sites for hydroxylation is 2. The van der Waals surface area contributed by atoms with Gasteiger partial charge >= 0.3 is 0 Å². The summed E-state index contributed by atoms with van der Waals surface area (Å²) in [4.78, 5) is 4.80. The third kappa shape index (κ3) is 2.90. The van der Waals surface area contributed by atoms with Crippen LogP contribution in [0.25, 0.3) is 28.0 Å². The average molecular weight is 363 g/mol. The van der Waals surface area contributed by atoms with Crippen molar-refractivity contribution >= 4 is 17.2 Å². The number of fused-ring (bicyclic) bond motifs is 1. The number of imidazole rings is 1. The van der Waals surface area contributed by atoms with Crippen molar-refractivity contribution in [2.24, 2.45) is 0 Å². The highest BCUT2D eigenvalue weighted by Gasteiger charge is 2.12. The number of hydrogen-bond donors (Lipinski definition) is 1. The molecule has 1 N–H and O–H groups in total. The van der Waals surface area contributed by atoms with Crippen LogP contribution in [0.4, 0.5) is 0 Å². The van der Waals surface area contributed by atoms with E-state index in [9.17, 15) is 5.11 Å². The SMILES string of the molecule is Cc1cc(-c2nc3ccc(-c4cccc(CO)c4)cn3c2C)ccc1Cl. The predicted octanol–water partition coefficient (Wildman–Crippen LogP) is 5.43. The Kier molecular flexibility index (Phi) is 4.27. The van der Waals surface area contributed by atoms with Crippen LogP contribution in [0.15, 0.2) is 60.8 Å². The van der Waals surface area contributed by atoms with E-state index in [2.05, 4.69) is 35.7 Å². The maximum atomic E-state index is 9.37. The second-order valence-electron chi connectivity index (χ2n) is 6.51. The Morgan fingerprint density at radius 2 is 1.77 bits per heavy atom. The molecule has 0 atom stereocenters. The van der Waals surface area contributed by atoms with Crippen LogP contribution >= 0.6 is 11.6 Å². The zero-order valence-electron chi connectivity index (χ0n) is 14.7. The normalized spacial score (nSPS) is 11.2. The van der Waals surface area contributed by atoms with Crippen LogP contribution in [-0.4, -0.2) is 14.5 Å². The molecule has 0 bridgehead atoms. The lowest BCUT2D eigenvalue weighted by molar-refractivity contribution is 0.282. The van der Waals surface area contributed by atoms with Gasteiger partial charge < -0.3 is 9.51 Å². The molecule has 0 spiro atoms. The molecule has 0 fully saturated rings. The van der Waals surface area contributed by atoms with Gasteiger partial charge in [-0.1, -0.05) is 35.9 Å². The number of aliphatic hydroxyl groups excluding tert-OH is 1. The van der Waals surface area contributed by atoms with E-state index in [0.29, 0.717) is 0 Å². The summed E-state index contributed by atoms with van der Waals surface area (Å²) < 4.78 is 2.11. The average Bonchev–Trinajstić information content (AvgIpc) is 3.00. The van der Waals surface area contributed by atoms with Gasteiger partial charge in [-0.3, -0.25) is 0 Å². The summed E-state index contributed by atoms with van der Waals surface area (Å²) in [7, 11) is 0. The van der Waals surface area contributed by atoms with Gasteiger partial charge in [0.15, 0.2) is 0 Å². The van der Waals surface area contributed by atoms with Crippen LogP contribution in [0, 0.1) is 13.8 Å². The van der Waals surface area contributed by atoms with E-state index in [1.165, 1.54) is 0 Å². The van der Waals surface area contributed by atoms with Crippen molar-refractivity contribution in [3.05, 3.63) is 82.6 Å². The topological polar surface area (TPSA) is 37.5 Å². The van der Waals surface area contributed by atoms with Crippen molar-refractivity contribution in [2.45, 2.75) is 20.5 Å². The zero-order chi connectivity index (χ0) is 18.3. The van der Waals surface area contributed by atoms with E-state index in [0.717, 1.165) is 49.9 Å². The fourth-order valence-corrected chi connectivity index (χ4v) is 3.37. The highest BCUT2D eigenvalue weighted by atomic mass is 35.5. The van der Waals surface area contributed by atoms with Gasteiger partial charge in [-0.05, 0) is 66.4 Å². The summed E-state index contributed by atoms with van der Waals surface area (Å²) in [5, 5.41) is 10.1. The Bertz CT molecular complexity index is 1110. The Labute approximate surface area is 157 Å². The number of pyridine rings is 1. The van der Waals surface area contributed by atoms with Gasteiger partial charge in [0.2, 0.25) is 0 Å². The minimum atomic E-state index is 0.0419. The molecule has 0 aliphatic heterocycles. The van der Waals surface area contributed by atoms with Crippen molar-refractivity contribution in [3.8, 4) is 22.4 Å². The number of hydrogen-bond acceptors (Lipinski definition) is 2. The van der Waals surface area contributed by atoms with Crippen LogP contribution in [0.1, 0.15) is 16.8 Å². The van der Waals surface area contributed by atoms with E-state index < -0.39 is 0 Å².